The van der Waals surface area contributed by atoms with E-state index in [-0.39, 0.29) is 5.78 Å². The molecule has 2 rings (SSSR count). The van der Waals surface area contributed by atoms with Gasteiger partial charge >= 0.3 is 0 Å². The van der Waals surface area contributed by atoms with Crippen molar-refractivity contribution in [2.75, 3.05) is 20.3 Å². The number of hydrogen-bond donors (Lipinski definition) is 0. The second-order valence-corrected chi connectivity index (χ2v) is 4.04. The Balaban J connectivity index is 2.36. The molecule has 0 aliphatic heterocycles. The number of methoxy groups -OCH3 is 1. The van der Waals surface area contributed by atoms with Gasteiger partial charge in [-0.3, -0.25) is 9.20 Å². The number of Topliss-reactive ketones (excluding diaryl/α,β-unsaturated/α-hetero) is 1. The minimum Gasteiger partial charge on any atom is -0.490 e. The highest BCUT2D eigenvalue weighted by Crippen LogP contribution is 2.18. The second kappa shape index (κ2) is 5.18. The lowest BCUT2D eigenvalue weighted by atomic mass is 10.2. The molecule has 0 saturated carbocycles. The molecule has 2 heterocycles. The smallest absolute Gasteiger partial charge is 0.178 e. The fraction of sp³-hybridized carbons (Fsp3) is 0.385. The number of rotatable bonds is 5. The van der Waals surface area contributed by atoms with Gasteiger partial charge in [-0.05, 0) is 19.1 Å². The Morgan fingerprint density at radius 1 is 1.39 bits per heavy atom. The molecule has 5 heteroatoms. The standard InChI is InChI=1S/C13H16N2O3/c1-9-13(10(2)16)15-8-11(18-7-6-17-3)4-5-12(15)14-9/h4-5,8H,6-7H2,1-3H3. The molecule has 0 radical (unpaired) electrons. The fourth-order valence-corrected chi connectivity index (χ4v) is 1.90. The largest absolute Gasteiger partial charge is 0.490 e. The number of ether oxygens (including phenoxy) is 2. The third-order valence-electron chi connectivity index (χ3n) is 2.66. The molecule has 2 aromatic heterocycles. The van der Waals surface area contributed by atoms with E-state index < -0.39 is 0 Å². The lowest BCUT2D eigenvalue weighted by Gasteiger charge is -2.06. The van der Waals surface area contributed by atoms with Gasteiger partial charge in [-0.1, -0.05) is 0 Å². The quantitative estimate of drug-likeness (QED) is 0.598. The maximum atomic E-state index is 11.6. The average Bonchev–Trinajstić information content (AvgIpc) is 2.64. The fourth-order valence-electron chi connectivity index (χ4n) is 1.90. The SMILES string of the molecule is COCCOc1ccc2nc(C)c(C(C)=O)n2c1. The molecule has 0 spiro atoms. The van der Waals surface area contributed by atoms with Crippen LogP contribution in [0.4, 0.5) is 0 Å². The van der Waals surface area contributed by atoms with Crippen LogP contribution in [-0.4, -0.2) is 35.5 Å². The third-order valence-corrected chi connectivity index (χ3v) is 2.66. The van der Waals surface area contributed by atoms with Crippen molar-refractivity contribution in [2.24, 2.45) is 0 Å². The second-order valence-electron chi connectivity index (χ2n) is 4.04. The first-order chi connectivity index (χ1) is 8.63. The summed E-state index contributed by atoms with van der Waals surface area (Å²) in [4.78, 5) is 15.9. The predicted molar refractivity (Wildman–Crippen MR) is 67.3 cm³/mol. The van der Waals surface area contributed by atoms with Gasteiger partial charge in [0.25, 0.3) is 0 Å². The van der Waals surface area contributed by atoms with E-state index in [9.17, 15) is 4.79 Å². The minimum atomic E-state index is -0.00552. The molecule has 5 nitrogen and oxygen atoms in total. The maximum Gasteiger partial charge on any atom is 0.178 e. The number of aryl methyl sites for hydroxylation is 1. The Morgan fingerprint density at radius 3 is 2.83 bits per heavy atom. The molecule has 0 amide bonds. The number of aromatic nitrogens is 2. The van der Waals surface area contributed by atoms with Gasteiger partial charge in [0.1, 0.15) is 23.7 Å². The first-order valence-electron chi connectivity index (χ1n) is 5.75. The van der Waals surface area contributed by atoms with E-state index in [1.807, 2.05) is 19.1 Å². The highest BCUT2D eigenvalue weighted by Gasteiger charge is 2.13. The summed E-state index contributed by atoms with van der Waals surface area (Å²) in [6.07, 6.45) is 1.78. The maximum absolute atomic E-state index is 11.6. The van der Waals surface area contributed by atoms with Crippen molar-refractivity contribution in [3.63, 3.8) is 0 Å². The molecule has 0 saturated heterocycles. The molecule has 0 aliphatic rings. The van der Waals surface area contributed by atoms with Crippen LogP contribution >= 0.6 is 0 Å². The monoisotopic (exact) mass is 248 g/mol. The van der Waals surface area contributed by atoms with E-state index in [1.54, 1.807) is 17.7 Å². The van der Waals surface area contributed by atoms with Gasteiger partial charge in [-0.2, -0.15) is 0 Å². The number of pyridine rings is 1. The van der Waals surface area contributed by atoms with Crippen LogP contribution in [-0.2, 0) is 4.74 Å². The van der Waals surface area contributed by atoms with Gasteiger partial charge in [-0.25, -0.2) is 4.98 Å². The highest BCUT2D eigenvalue weighted by molar-refractivity contribution is 5.94. The summed E-state index contributed by atoms with van der Waals surface area (Å²) < 4.78 is 12.2. The van der Waals surface area contributed by atoms with E-state index in [1.165, 1.54) is 6.92 Å². The summed E-state index contributed by atoms with van der Waals surface area (Å²) in [6.45, 7) is 4.37. The van der Waals surface area contributed by atoms with Crippen LogP contribution in [0.2, 0.25) is 0 Å². The normalized spacial score (nSPS) is 10.8. The molecule has 0 bridgehead atoms. The first kappa shape index (κ1) is 12.6. The number of ketones is 1. The molecular weight excluding hydrogens is 232 g/mol. The molecule has 0 N–H and O–H groups in total. The first-order valence-corrected chi connectivity index (χ1v) is 5.75. The number of carbonyl (C=O) groups is 1. The molecule has 0 aliphatic carbocycles. The summed E-state index contributed by atoms with van der Waals surface area (Å²) >= 11 is 0. The Bertz CT molecular complexity index is 575. The molecule has 2 aromatic rings. The van der Waals surface area contributed by atoms with Crippen molar-refractivity contribution in [1.82, 2.24) is 9.38 Å². The van der Waals surface area contributed by atoms with E-state index in [2.05, 4.69) is 4.98 Å². The van der Waals surface area contributed by atoms with Gasteiger partial charge in [-0.15, -0.1) is 0 Å². The third kappa shape index (κ3) is 2.36. The summed E-state index contributed by atoms with van der Waals surface area (Å²) in [5, 5.41) is 0. The van der Waals surface area contributed by atoms with Crippen LogP contribution < -0.4 is 4.74 Å². The van der Waals surface area contributed by atoms with Crippen LogP contribution in [0.5, 0.6) is 5.75 Å². The number of hydrogen-bond acceptors (Lipinski definition) is 4. The molecule has 0 unspecified atom stereocenters. The summed E-state index contributed by atoms with van der Waals surface area (Å²) in [5.41, 5.74) is 2.08. The topological polar surface area (TPSA) is 52.8 Å². The minimum absolute atomic E-state index is 0.00552. The van der Waals surface area contributed by atoms with Crippen molar-refractivity contribution in [3.8, 4) is 5.75 Å². The van der Waals surface area contributed by atoms with E-state index in [0.29, 0.717) is 24.7 Å². The Kier molecular flexibility index (Phi) is 3.62. The van der Waals surface area contributed by atoms with Crippen molar-refractivity contribution < 1.29 is 14.3 Å². The average molecular weight is 248 g/mol. The number of imidazole rings is 1. The van der Waals surface area contributed by atoms with Crippen LogP contribution in [0.25, 0.3) is 5.65 Å². The van der Waals surface area contributed by atoms with Crippen molar-refractivity contribution >= 4 is 11.4 Å². The van der Waals surface area contributed by atoms with Crippen LogP contribution in [0.3, 0.4) is 0 Å². The zero-order chi connectivity index (χ0) is 13.1. The van der Waals surface area contributed by atoms with Crippen LogP contribution in [0.1, 0.15) is 23.1 Å². The van der Waals surface area contributed by atoms with Crippen molar-refractivity contribution in [3.05, 3.63) is 29.7 Å². The summed E-state index contributed by atoms with van der Waals surface area (Å²) in [5.74, 6) is 0.688. The highest BCUT2D eigenvalue weighted by atomic mass is 16.5. The lowest BCUT2D eigenvalue weighted by Crippen LogP contribution is -2.06. The summed E-state index contributed by atoms with van der Waals surface area (Å²) in [7, 11) is 1.62. The van der Waals surface area contributed by atoms with Crippen molar-refractivity contribution in [2.45, 2.75) is 13.8 Å². The molecule has 96 valence electrons. The van der Waals surface area contributed by atoms with Gasteiger partial charge in [0.15, 0.2) is 5.78 Å². The van der Waals surface area contributed by atoms with E-state index >= 15 is 0 Å². The van der Waals surface area contributed by atoms with Gasteiger partial charge in [0.2, 0.25) is 0 Å². The Morgan fingerprint density at radius 2 is 2.17 bits per heavy atom. The molecule has 18 heavy (non-hydrogen) atoms. The Labute approximate surface area is 105 Å². The number of fused-ring (bicyclic) bond motifs is 1. The van der Waals surface area contributed by atoms with Gasteiger partial charge in [0, 0.05) is 14.0 Å². The lowest BCUT2D eigenvalue weighted by molar-refractivity contribution is 0.101. The van der Waals surface area contributed by atoms with E-state index in [0.717, 1.165) is 11.3 Å². The predicted octanol–water partition coefficient (Wildman–Crippen LogP) is 1.87. The number of carbonyl (C=O) groups excluding carboxylic acids is 1. The zero-order valence-corrected chi connectivity index (χ0v) is 10.8. The number of nitrogens with zero attached hydrogens (tertiary/aromatic N) is 2. The van der Waals surface area contributed by atoms with Crippen molar-refractivity contribution in [1.29, 1.82) is 0 Å². The zero-order valence-electron chi connectivity index (χ0n) is 10.8. The molecular formula is C13H16N2O3. The van der Waals surface area contributed by atoms with E-state index in [4.69, 9.17) is 9.47 Å². The van der Waals surface area contributed by atoms with Crippen LogP contribution in [0, 0.1) is 6.92 Å². The molecule has 0 aromatic carbocycles. The van der Waals surface area contributed by atoms with Gasteiger partial charge in [0.05, 0.1) is 18.5 Å². The van der Waals surface area contributed by atoms with Crippen LogP contribution in [0.15, 0.2) is 18.3 Å². The summed E-state index contributed by atoms with van der Waals surface area (Å²) in [6, 6.07) is 3.67. The molecule has 0 atom stereocenters. The molecule has 0 fully saturated rings. The van der Waals surface area contributed by atoms with Gasteiger partial charge < -0.3 is 9.47 Å². The Hall–Kier alpha value is -1.88.